The number of benzene rings is 1. The van der Waals surface area contributed by atoms with Crippen LogP contribution in [0.5, 0.6) is 5.75 Å². The number of rotatable bonds is 5. The van der Waals surface area contributed by atoms with E-state index in [9.17, 15) is 0 Å². The summed E-state index contributed by atoms with van der Waals surface area (Å²) in [4.78, 5) is 2.33. The third-order valence-corrected chi connectivity index (χ3v) is 3.86. The van der Waals surface area contributed by atoms with E-state index in [1.165, 1.54) is 11.1 Å². The van der Waals surface area contributed by atoms with E-state index < -0.39 is 0 Å². The number of ether oxygens (including phenoxy) is 1. The monoisotopic (exact) mass is 312 g/mol. The van der Waals surface area contributed by atoms with Crippen LogP contribution in [0.15, 0.2) is 18.2 Å². The van der Waals surface area contributed by atoms with Gasteiger partial charge >= 0.3 is 0 Å². The summed E-state index contributed by atoms with van der Waals surface area (Å²) in [7, 11) is 2.15. The third-order valence-electron chi connectivity index (χ3n) is 3.86. The first-order chi connectivity index (χ1) is 9.22. The van der Waals surface area contributed by atoms with Gasteiger partial charge in [0, 0.05) is 25.1 Å². The number of para-hydroxylation sites is 1. The predicted octanol–water partition coefficient (Wildman–Crippen LogP) is 3.24. The number of nitrogens with two attached hydrogens (primary N) is 1. The van der Waals surface area contributed by atoms with E-state index in [1.807, 2.05) is 0 Å². The zero-order valence-corrected chi connectivity index (χ0v) is 14.7. The average molecular weight is 313 g/mol. The molecule has 1 aromatic rings. The summed E-state index contributed by atoms with van der Waals surface area (Å²) < 4.78 is 6.13. The van der Waals surface area contributed by atoms with Crippen molar-refractivity contribution < 1.29 is 4.74 Å². The fourth-order valence-corrected chi connectivity index (χ4v) is 2.95. The van der Waals surface area contributed by atoms with E-state index in [4.69, 9.17) is 10.5 Å². The number of hydrogen-bond donors (Lipinski definition) is 1. The summed E-state index contributed by atoms with van der Waals surface area (Å²) >= 11 is 0. The topological polar surface area (TPSA) is 38.5 Å². The van der Waals surface area contributed by atoms with Crippen molar-refractivity contribution >= 4 is 12.4 Å². The van der Waals surface area contributed by atoms with Gasteiger partial charge in [-0.15, -0.1) is 12.4 Å². The van der Waals surface area contributed by atoms with Crippen molar-refractivity contribution in [2.45, 2.75) is 46.3 Å². The van der Waals surface area contributed by atoms with Crippen LogP contribution < -0.4 is 10.5 Å². The van der Waals surface area contributed by atoms with Crippen molar-refractivity contribution in [2.24, 2.45) is 11.1 Å². The second kappa shape index (κ2) is 6.55. The molecular weight excluding hydrogens is 284 g/mol. The van der Waals surface area contributed by atoms with Gasteiger partial charge in [0.15, 0.2) is 0 Å². The maximum atomic E-state index is 6.13. The lowest BCUT2D eigenvalue weighted by Gasteiger charge is -2.29. The third kappa shape index (κ3) is 4.60. The number of fused-ring (bicyclic) bond motifs is 1. The molecule has 3 nitrogen and oxygen atoms in total. The van der Waals surface area contributed by atoms with Crippen LogP contribution in [0.4, 0.5) is 0 Å². The van der Waals surface area contributed by atoms with Crippen LogP contribution >= 0.6 is 12.4 Å². The molecule has 1 aromatic carbocycles. The van der Waals surface area contributed by atoms with Gasteiger partial charge in [-0.3, -0.25) is 0 Å². The van der Waals surface area contributed by atoms with Crippen molar-refractivity contribution in [1.29, 1.82) is 0 Å². The quantitative estimate of drug-likeness (QED) is 0.907. The number of halogens is 1. The Morgan fingerprint density at radius 1 is 1.33 bits per heavy atom. The smallest absolute Gasteiger partial charge is 0.127 e. The molecule has 4 heteroatoms. The minimum atomic E-state index is -0.0759. The second-order valence-corrected chi connectivity index (χ2v) is 7.48. The van der Waals surface area contributed by atoms with E-state index in [0.717, 1.165) is 25.3 Å². The van der Waals surface area contributed by atoms with Gasteiger partial charge < -0.3 is 15.4 Å². The normalized spacial score (nSPS) is 16.3. The highest BCUT2D eigenvalue weighted by Gasteiger charge is 2.31. The summed E-state index contributed by atoms with van der Waals surface area (Å²) in [5, 5.41) is 0. The molecule has 0 unspecified atom stereocenters. The molecule has 0 amide bonds. The van der Waals surface area contributed by atoms with Gasteiger partial charge in [0.2, 0.25) is 0 Å². The molecule has 21 heavy (non-hydrogen) atoms. The Morgan fingerprint density at radius 3 is 2.62 bits per heavy atom. The molecular formula is C17H29ClN2O. The Labute approximate surface area is 135 Å². The first-order valence-electron chi connectivity index (χ1n) is 7.41. The second-order valence-electron chi connectivity index (χ2n) is 7.48. The van der Waals surface area contributed by atoms with Crippen molar-refractivity contribution in [1.82, 2.24) is 4.90 Å². The Kier molecular flexibility index (Phi) is 5.70. The fraction of sp³-hybridized carbons (Fsp3) is 0.647. The SMILES string of the molecule is CN(Cc1cccc2c1OC(C)(C)C2)CC(C)(C)CN.Cl. The standard InChI is InChI=1S/C17H28N2O.ClH/c1-16(2,11-18)12-19(5)10-14-8-6-7-13-9-17(3,4)20-15(13)14;/h6-8H,9-12,18H2,1-5H3;1H. The van der Waals surface area contributed by atoms with Gasteiger partial charge in [-0.05, 0) is 38.4 Å². The Hall–Kier alpha value is -0.770. The van der Waals surface area contributed by atoms with E-state index in [1.54, 1.807) is 0 Å². The van der Waals surface area contributed by atoms with Crippen LogP contribution in [0.25, 0.3) is 0 Å². The van der Waals surface area contributed by atoms with Crippen molar-refractivity contribution in [2.75, 3.05) is 20.1 Å². The first kappa shape index (κ1) is 18.3. The van der Waals surface area contributed by atoms with Crippen LogP contribution in [0.2, 0.25) is 0 Å². The minimum absolute atomic E-state index is 0. The lowest BCUT2D eigenvalue weighted by Crippen LogP contribution is -2.36. The van der Waals surface area contributed by atoms with E-state index >= 15 is 0 Å². The fourth-order valence-electron chi connectivity index (χ4n) is 2.95. The molecule has 0 bridgehead atoms. The van der Waals surface area contributed by atoms with Crippen LogP contribution in [0, 0.1) is 5.41 Å². The molecule has 0 fully saturated rings. The summed E-state index contributed by atoms with van der Waals surface area (Å²) in [5.74, 6) is 1.09. The molecule has 2 N–H and O–H groups in total. The molecule has 0 atom stereocenters. The highest BCUT2D eigenvalue weighted by Crippen LogP contribution is 2.38. The first-order valence-corrected chi connectivity index (χ1v) is 7.41. The van der Waals surface area contributed by atoms with Crippen molar-refractivity contribution in [3.05, 3.63) is 29.3 Å². The van der Waals surface area contributed by atoms with Gasteiger partial charge in [-0.1, -0.05) is 32.0 Å². The zero-order chi connectivity index (χ0) is 15.0. The number of nitrogens with zero attached hydrogens (tertiary/aromatic N) is 1. The molecule has 0 saturated carbocycles. The van der Waals surface area contributed by atoms with E-state index in [0.29, 0.717) is 6.54 Å². The zero-order valence-electron chi connectivity index (χ0n) is 13.9. The predicted molar refractivity (Wildman–Crippen MR) is 91.3 cm³/mol. The molecule has 120 valence electrons. The molecule has 1 heterocycles. The van der Waals surface area contributed by atoms with E-state index in [2.05, 4.69) is 57.8 Å². The molecule has 1 aliphatic rings. The average Bonchev–Trinajstić information content (AvgIpc) is 2.63. The number of hydrogen-bond acceptors (Lipinski definition) is 3. The van der Waals surface area contributed by atoms with Crippen LogP contribution in [0.3, 0.4) is 0 Å². The van der Waals surface area contributed by atoms with Crippen LogP contribution in [-0.2, 0) is 13.0 Å². The maximum Gasteiger partial charge on any atom is 0.127 e. The summed E-state index contributed by atoms with van der Waals surface area (Å²) in [6.07, 6.45) is 0.994. The molecule has 1 aliphatic heterocycles. The highest BCUT2D eigenvalue weighted by atomic mass is 35.5. The molecule has 0 radical (unpaired) electrons. The molecule has 0 aliphatic carbocycles. The van der Waals surface area contributed by atoms with Crippen molar-refractivity contribution in [3.8, 4) is 5.75 Å². The minimum Gasteiger partial charge on any atom is -0.487 e. The summed E-state index contributed by atoms with van der Waals surface area (Å²) in [6, 6.07) is 6.49. The lowest BCUT2D eigenvalue weighted by molar-refractivity contribution is 0.134. The Morgan fingerprint density at radius 2 is 2.00 bits per heavy atom. The largest absolute Gasteiger partial charge is 0.487 e. The summed E-state index contributed by atoms with van der Waals surface area (Å²) in [6.45, 7) is 11.3. The molecule has 0 spiro atoms. The van der Waals surface area contributed by atoms with Gasteiger partial charge in [0.25, 0.3) is 0 Å². The van der Waals surface area contributed by atoms with E-state index in [-0.39, 0.29) is 23.4 Å². The molecule has 2 rings (SSSR count). The highest BCUT2D eigenvalue weighted by molar-refractivity contribution is 5.85. The van der Waals surface area contributed by atoms with Crippen LogP contribution in [-0.4, -0.2) is 30.6 Å². The van der Waals surface area contributed by atoms with Gasteiger partial charge in [0.1, 0.15) is 11.4 Å². The van der Waals surface area contributed by atoms with Crippen LogP contribution in [0.1, 0.15) is 38.8 Å². The van der Waals surface area contributed by atoms with Gasteiger partial charge in [0.05, 0.1) is 0 Å². The van der Waals surface area contributed by atoms with Gasteiger partial charge in [-0.2, -0.15) is 0 Å². The van der Waals surface area contributed by atoms with Crippen molar-refractivity contribution in [3.63, 3.8) is 0 Å². The molecule has 0 aromatic heterocycles. The Balaban J connectivity index is 0.00000220. The Bertz CT molecular complexity index is 486. The maximum absolute atomic E-state index is 6.13. The molecule has 0 saturated heterocycles. The summed E-state index contributed by atoms with van der Waals surface area (Å²) in [5.41, 5.74) is 8.51. The lowest BCUT2D eigenvalue weighted by atomic mass is 9.93. The van der Waals surface area contributed by atoms with Gasteiger partial charge in [-0.25, -0.2) is 0 Å².